The van der Waals surface area contributed by atoms with Crippen molar-refractivity contribution >= 4 is 5.91 Å². The molecule has 1 atom stereocenters. The number of nitrogens with two attached hydrogens (primary N) is 1. The first kappa shape index (κ1) is 6.99. The van der Waals surface area contributed by atoms with E-state index < -0.39 is 12.1 Å². The maximum absolute atomic E-state index is 12.7. The maximum Gasteiger partial charge on any atom is 0.247 e. The van der Waals surface area contributed by atoms with Crippen molar-refractivity contribution in [2.75, 3.05) is 0 Å². The fraction of sp³-hybridized carbons (Fsp3) is 0.286. The zero-order valence-corrected chi connectivity index (χ0v) is 5.38. The number of allylic oxidation sites excluding steroid dienone is 3. The Bertz CT molecular complexity index is 208. The van der Waals surface area contributed by atoms with Gasteiger partial charge in [0.2, 0.25) is 5.91 Å². The highest BCUT2D eigenvalue weighted by atomic mass is 19.1. The molecule has 0 spiro atoms. The Labute approximate surface area is 58.2 Å². The van der Waals surface area contributed by atoms with Gasteiger partial charge in [-0.3, -0.25) is 4.79 Å². The molecular formula is C7H8FNO. The molecule has 1 aliphatic carbocycles. The van der Waals surface area contributed by atoms with E-state index in [1.165, 1.54) is 6.08 Å². The van der Waals surface area contributed by atoms with Crippen LogP contribution in [-0.2, 0) is 4.79 Å². The number of amides is 1. The van der Waals surface area contributed by atoms with Crippen LogP contribution in [0.5, 0.6) is 0 Å². The second kappa shape index (κ2) is 2.64. The van der Waals surface area contributed by atoms with Crippen LogP contribution in [0.15, 0.2) is 23.8 Å². The number of alkyl halides is 1. The highest BCUT2D eigenvalue weighted by Gasteiger charge is 2.17. The summed E-state index contributed by atoms with van der Waals surface area (Å²) in [6.07, 6.45) is 3.76. The zero-order chi connectivity index (χ0) is 7.56. The molecule has 2 nitrogen and oxygen atoms in total. The van der Waals surface area contributed by atoms with Gasteiger partial charge >= 0.3 is 0 Å². The van der Waals surface area contributed by atoms with E-state index in [1.807, 2.05) is 0 Å². The molecule has 1 rings (SSSR count). The van der Waals surface area contributed by atoms with Crippen LogP contribution < -0.4 is 5.73 Å². The largest absolute Gasteiger partial charge is 0.366 e. The summed E-state index contributed by atoms with van der Waals surface area (Å²) in [5, 5.41) is 0. The quantitative estimate of drug-likeness (QED) is 0.573. The first-order valence-corrected chi connectivity index (χ1v) is 3.02. The maximum atomic E-state index is 12.7. The molecule has 1 aliphatic rings. The van der Waals surface area contributed by atoms with Gasteiger partial charge in [-0.05, 0) is 0 Å². The average Bonchev–Trinajstić information content (AvgIpc) is 1.88. The fourth-order valence-corrected chi connectivity index (χ4v) is 0.838. The van der Waals surface area contributed by atoms with Crippen LogP contribution in [0.2, 0.25) is 0 Å². The van der Waals surface area contributed by atoms with E-state index in [0.717, 1.165) is 0 Å². The number of primary amides is 1. The Hall–Kier alpha value is -1.12. The summed E-state index contributed by atoms with van der Waals surface area (Å²) in [4.78, 5) is 10.4. The molecular weight excluding hydrogens is 133 g/mol. The number of hydrogen-bond donors (Lipinski definition) is 1. The summed E-state index contributed by atoms with van der Waals surface area (Å²) in [6.45, 7) is 0. The molecule has 0 aromatic carbocycles. The summed E-state index contributed by atoms with van der Waals surface area (Å²) in [7, 11) is 0. The average molecular weight is 141 g/mol. The van der Waals surface area contributed by atoms with Gasteiger partial charge in [0.05, 0.1) is 5.57 Å². The van der Waals surface area contributed by atoms with Crippen molar-refractivity contribution < 1.29 is 9.18 Å². The van der Waals surface area contributed by atoms with Gasteiger partial charge in [-0.2, -0.15) is 0 Å². The molecule has 0 aromatic rings. The minimum absolute atomic E-state index is 0.0718. The number of rotatable bonds is 1. The Morgan fingerprint density at radius 2 is 2.50 bits per heavy atom. The van der Waals surface area contributed by atoms with E-state index in [0.29, 0.717) is 0 Å². The topological polar surface area (TPSA) is 43.1 Å². The van der Waals surface area contributed by atoms with Crippen LogP contribution in [0.1, 0.15) is 6.42 Å². The Morgan fingerprint density at radius 3 is 2.90 bits per heavy atom. The lowest BCUT2D eigenvalue weighted by Gasteiger charge is -2.09. The fourth-order valence-electron chi connectivity index (χ4n) is 0.838. The molecule has 54 valence electrons. The highest BCUT2D eigenvalue weighted by molar-refractivity contribution is 5.93. The zero-order valence-electron chi connectivity index (χ0n) is 5.38. The smallest absolute Gasteiger partial charge is 0.247 e. The number of carbonyl (C=O) groups is 1. The normalized spacial score (nSPS) is 24.1. The van der Waals surface area contributed by atoms with Gasteiger partial charge in [0, 0.05) is 6.42 Å². The third kappa shape index (κ3) is 1.23. The molecule has 0 aromatic heterocycles. The predicted molar refractivity (Wildman–Crippen MR) is 35.9 cm³/mol. The van der Waals surface area contributed by atoms with Crippen LogP contribution >= 0.6 is 0 Å². The third-order valence-corrected chi connectivity index (χ3v) is 1.38. The lowest BCUT2D eigenvalue weighted by Crippen LogP contribution is -2.22. The van der Waals surface area contributed by atoms with Crippen molar-refractivity contribution in [3.63, 3.8) is 0 Å². The van der Waals surface area contributed by atoms with E-state index >= 15 is 0 Å². The molecule has 3 heteroatoms. The summed E-state index contributed by atoms with van der Waals surface area (Å²) in [5.41, 5.74) is 4.95. The SMILES string of the molecule is NC(=O)C1=CC=CCC1F. The van der Waals surface area contributed by atoms with Crippen LogP contribution in [0, 0.1) is 0 Å². The van der Waals surface area contributed by atoms with Crippen molar-refractivity contribution in [1.82, 2.24) is 0 Å². The monoisotopic (exact) mass is 141 g/mol. The van der Waals surface area contributed by atoms with E-state index in [1.54, 1.807) is 12.2 Å². The summed E-state index contributed by atoms with van der Waals surface area (Å²) >= 11 is 0. The van der Waals surface area contributed by atoms with Gasteiger partial charge in [0.15, 0.2) is 0 Å². The second-order valence-corrected chi connectivity index (χ2v) is 2.12. The molecule has 0 fully saturated rings. The molecule has 0 radical (unpaired) electrons. The van der Waals surface area contributed by atoms with Gasteiger partial charge < -0.3 is 5.73 Å². The van der Waals surface area contributed by atoms with Gasteiger partial charge in [-0.15, -0.1) is 0 Å². The summed E-state index contributed by atoms with van der Waals surface area (Å²) in [5.74, 6) is -0.670. The Balaban J connectivity index is 2.80. The van der Waals surface area contributed by atoms with Crippen molar-refractivity contribution in [2.24, 2.45) is 5.73 Å². The Morgan fingerprint density at radius 1 is 1.80 bits per heavy atom. The van der Waals surface area contributed by atoms with Gasteiger partial charge in [-0.1, -0.05) is 18.2 Å². The van der Waals surface area contributed by atoms with Crippen molar-refractivity contribution in [1.29, 1.82) is 0 Å². The van der Waals surface area contributed by atoms with Crippen LogP contribution in [-0.4, -0.2) is 12.1 Å². The third-order valence-electron chi connectivity index (χ3n) is 1.38. The first-order chi connectivity index (χ1) is 4.72. The van der Waals surface area contributed by atoms with Crippen LogP contribution in [0.25, 0.3) is 0 Å². The molecule has 0 saturated heterocycles. The molecule has 1 unspecified atom stereocenters. The first-order valence-electron chi connectivity index (χ1n) is 3.02. The highest BCUT2D eigenvalue weighted by Crippen LogP contribution is 2.15. The molecule has 0 bridgehead atoms. The standard InChI is InChI=1S/C7H8FNO/c8-6-4-2-1-3-5(6)7(9)10/h1-3,6H,4H2,(H2,9,10). The molecule has 0 aliphatic heterocycles. The van der Waals surface area contributed by atoms with Crippen LogP contribution in [0.3, 0.4) is 0 Å². The molecule has 1 amide bonds. The predicted octanol–water partition coefficient (Wildman–Crippen LogP) is 0.696. The van der Waals surface area contributed by atoms with E-state index in [-0.39, 0.29) is 12.0 Å². The Kier molecular flexibility index (Phi) is 1.85. The minimum Gasteiger partial charge on any atom is -0.366 e. The summed E-state index contributed by atoms with van der Waals surface area (Å²) in [6, 6.07) is 0. The van der Waals surface area contributed by atoms with E-state index in [9.17, 15) is 9.18 Å². The molecule has 10 heavy (non-hydrogen) atoms. The van der Waals surface area contributed by atoms with E-state index in [2.05, 4.69) is 0 Å². The van der Waals surface area contributed by atoms with E-state index in [4.69, 9.17) is 5.73 Å². The lowest BCUT2D eigenvalue weighted by atomic mass is 10.0. The second-order valence-electron chi connectivity index (χ2n) is 2.12. The lowest BCUT2D eigenvalue weighted by molar-refractivity contribution is -0.115. The van der Waals surface area contributed by atoms with Gasteiger partial charge in [0.1, 0.15) is 6.17 Å². The van der Waals surface area contributed by atoms with Gasteiger partial charge in [0.25, 0.3) is 0 Å². The van der Waals surface area contributed by atoms with Crippen molar-refractivity contribution in [3.05, 3.63) is 23.8 Å². The molecule has 0 heterocycles. The van der Waals surface area contributed by atoms with Crippen LogP contribution in [0.4, 0.5) is 4.39 Å². The van der Waals surface area contributed by atoms with Crippen molar-refractivity contribution in [3.8, 4) is 0 Å². The minimum atomic E-state index is -1.21. The molecule has 2 N–H and O–H groups in total. The number of carbonyl (C=O) groups excluding carboxylic acids is 1. The number of hydrogen-bond acceptors (Lipinski definition) is 1. The number of halogens is 1. The van der Waals surface area contributed by atoms with Gasteiger partial charge in [-0.25, -0.2) is 4.39 Å². The molecule has 0 saturated carbocycles. The van der Waals surface area contributed by atoms with Crippen molar-refractivity contribution in [2.45, 2.75) is 12.6 Å². The summed E-state index contributed by atoms with van der Waals surface area (Å²) < 4.78 is 12.7.